The molecule has 1 aliphatic carbocycles. The molecule has 0 aliphatic heterocycles. The third kappa shape index (κ3) is 3.36. The van der Waals surface area contributed by atoms with Crippen molar-refractivity contribution in [1.29, 1.82) is 0 Å². The highest BCUT2D eigenvalue weighted by molar-refractivity contribution is 7.09. The Morgan fingerprint density at radius 1 is 1.40 bits per heavy atom. The largest absolute Gasteiger partial charge is 0.481 e. The van der Waals surface area contributed by atoms with Crippen molar-refractivity contribution in [2.75, 3.05) is 7.05 Å². The van der Waals surface area contributed by atoms with Gasteiger partial charge < -0.3 is 10.0 Å². The van der Waals surface area contributed by atoms with E-state index in [1.807, 2.05) is 12.3 Å². The molecule has 1 aliphatic rings. The van der Waals surface area contributed by atoms with Gasteiger partial charge in [-0.05, 0) is 19.8 Å². The van der Waals surface area contributed by atoms with Gasteiger partial charge >= 0.3 is 5.97 Å². The number of hydrogen-bond acceptors (Lipinski definition) is 4. The number of hydrogen-bond donors (Lipinski definition) is 1. The number of rotatable bonds is 4. The molecule has 0 aromatic carbocycles. The maximum Gasteiger partial charge on any atom is 0.307 e. The maximum atomic E-state index is 12.5. The number of nitrogens with zero attached hydrogens (tertiary/aromatic N) is 2. The third-order valence-electron chi connectivity index (χ3n) is 3.84. The molecular formula is C14H20N2O3S. The van der Waals surface area contributed by atoms with Crippen LogP contribution < -0.4 is 0 Å². The summed E-state index contributed by atoms with van der Waals surface area (Å²) in [4.78, 5) is 29.7. The van der Waals surface area contributed by atoms with Crippen LogP contribution in [-0.4, -0.2) is 33.9 Å². The fraction of sp³-hybridized carbons (Fsp3) is 0.643. The molecule has 5 nitrogen and oxygen atoms in total. The van der Waals surface area contributed by atoms with Crippen molar-refractivity contribution >= 4 is 23.2 Å². The zero-order chi connectivity index (χ0) is 14.7. The van der Waals surface area contributed by atoms with Crippen molar-refractivity contribution in [3.8, 4) is 0 Å². The summed E-state index contributed by atoms with van der Waals surface area (Å²) >= 11 is 1.56. The summed E-state index contributed by atoms with van der Waals surface area (Å²) in [6, 6.07) is 0. The molecule has 1 amide bonds. The predicted octanol–water partition coefficient (Wildman–Crippen LogP) is 2.30. The van der Waals surface area contributed by atoms with E-state index in [4.69, 9.17) is 0 Å². The number of carboxylic acids is 1. The van der Waals surface area contributed by atoms with Crippen LogP contribution in [0.1, 0.15) is 36.4 Å². The zero-order valence-corrected chi connectivity index (χ0v) is 12.7. The Labute approximate surface area is 122 Å². The van der Waals surface area contributed by atoms with Gasteiger partial charge in [-0.15, -0.1) is 11.3 Å². The summed E-state index contributed by atoms with van der Waals surface area (Å²) in [5, 5.41) is 12.2. The van der Waals surface area contributed by atoms with Crippen molar-refractivity contribution < 1.29 is 14.7 Å². The van der Waals surface area contributed by atoms with Gasteiger partial charge in [-0.25, -0.2) is 4.98 Å². The number of amides is 1. The fourth-order valence-electron chi connectivity index (χ4n) is 2.81. The normalized spacial score (nSPS) is 22.5. The summed E-state index contributed by atoms with van der Waals surface area (Å²) < 4.78 is 0. The first-order valence-corrected chi connectivity index (χ1v) is 7.76. The quantitative estimate of drug-likeness (QED) is 0.925. The molecule has 6 heteroatoms. The number of carboxylic acid groups (broad SMARTS) is 1. The van der Waals surface area contributed by atoms with Gasteiger partial charge in [0.05, 0.1) is 29.1 Å². The van der Waals surface area contributed by atoms with Gasteiger partial charge in [0.25, 0.3) is 0 Å². The van der Waals surface area contributed by atoms with E-state index in [0.717, 1.165) is 23.5 Å². The van der Waals surface area contributed by atoms with Crippen LogP contribution in [0.4, 0.5) is 0 Å². The first kappa shape index (κ1) is 15.0. The van der Waals surface area contributed by atoms with Gasteiger partial charge in [-0.3, -0.25) is 9.59 Å². The first-order chi connectivity index (χ1) is 9.49. The van der Waals surface area contributed by atoms with Crippen molar-refractivity contribution in [1.82, 2.24) is 9.88 Å². The number of aryl methyl sites for hydroxylation is 1. The molecule has 20 heavy (non-hydrogen) atoms. The lowest BCUT2D eigenvalue weighted by atomic mass is 9.78. The standard InChI is InChI=1S/C14H20N2O3S/c1-9-15-10(8-20-9)7-16(2)13(17)11-5-3-4-6-12(11)14(18)19/h8,11-12H,3-7H2,1-2H3,(H,18,19). The number of carbonyl (C=O) groups is 2. The van der Waals surface area contributed by atoms with Gasteiger partial charge in [0.2, 0.25) is 5.91 Å². The van der Waals surface area contributed by atoms with Crippen LogP contribution in [0, 0.1) is 18.8 Å². The molecule has 0 spiro atoms. The lowest BCUT2D eigenvalue weighted by molar-refractivity contribution is -0.152. The monoisotopic (exact) mass is 296 g/mol. The molecule has 2 unspecified atom stereocenters. The molecule has 0 radical (unpaired) electrons. The lowest BCUT2D eigenvalue weighted by Gasteiger charge is -2.30. The smallest absolute Gasteiger partial charge is 0.307 e. The van der Waals surface area contributed by atoms with E-state index >= 15 is 0 Å². The van der Waals surface area contributed by atoms with E-state index in [-0.39, 0.29) is 11.8 Å². The number of thiazole rings is 1. The molecule has 1 N–H and O–H groups in total. The Hall–Kier alpha value is -1.43. The molecule has 110 valence electrons. The molecule has 2 rings (SSSR count). The van der Waals surface area contributed by atoms with Gasteiger partial charge in [0.1, 0.15) is 0 Å². The molecule has 1 saturated carbocycles. The van der Waals surface area contributed by atoms with Crippen LogP contribution in [-0.2, 0) is 16.1 Å². The van der Waals surface area contributed by atoms with Crippen LogP contribution in [0.3, 0.4) is 0 Å². The van der Waals surface area contributed by atoms with Crippen molar-refractivity contribution in [3.05, 3.63) is 16.1 Å². The Balaban J connectivity index is 2.02. The molecular weight excluding hydrogens is 276 g/mol. The minimum Gasteiger partial charge on any atom is -0.481 e. The van der Waals surface area contributed by atoms with Gasteiger partial charge in [-0.1, -0.05) is 12.8 Å². The van der Waals surface area contributed by atoms with Crippen LogP contribution in [0.2, 0.25) is 0 Å². The van der Waals surface area contributed by atoms with E-state index in [2.05, 4.69) is 4.98 Å². The molecule has 1 aromatic rings. The average Bonchev–Trinajstić information content (AvgIpc) is 2.83. The molecule has 1 heterocycles. The highest BCUT2D eigenvalue weighted by Gasteiger charge is 2.37. The predicted molar refractivity (Wildman–Crippen MR) is 76.4 cm³/mol. The minimum absolute atomic E-state index is 0.0669. The second-order valence-corrected chi connectivity index (χ2v) is 6.45. The SMILES string of the molecule is Cc1nc(CN(C)C(=O)C2CCCCC2C(=O)O)cs1. The summed E-state index contributed by atoms with van der Waals surface area (Å²) in [7, 11) is 1.73. The lowest BCUT2D eigenvalue weighted by Crippen LogP contribution is -2.40. The van der Waals surface area contributed by atoms with E-state index in [0.29, 0.717) is 19.4 Å². The van der Waals surface area contributed by atoms with Crippen LogP contribution in [0.5, 0.6) is 0 Å². The van der Waals surface area contributed by atoms with E-state index in [1.54, 1.807) is 23.3 Å². The summed E-state index contributed by atoms with van der Waals surface area (Å²) in [6.45, 7) is 2.38. The topological polar surface area (TPSA) is 70.5 Å². The van der Waals surface area contributed by atoms with Crippen molar-refractivity contribution in [3.63, 3.8) is 0 Å². The molecule has 1 aromatic heterocycles. The molecule has 0 saturated heterocycles. The zero-order valence-electron chi connectivity index (χ0n) is 11.8. The second kappa shape index (κ2) is 6.35. The number of carbonyl (C=O) groups excluding carboxylic acids is 1. The highest BCUT2D eigenvalue weighted by atomic mass is 32.1. The second-order valence-electron chi connectivity index (χ2n) is 5.39. The highest BCUT2D eigenvalue weighted by Crippen LogP contribution is 2.31. The Morgan fingerprint density at radius 2 is 2.05 bits per heavy atom. The van der Waals surface area contributed by atoms with Gasteiger partial charge in [0.15, 0.2) is 0 Å². The van der Waals surface area contributed by atoms with E-state index in [9.17, 15) is 14.7 Å². The van der Waals surface area contributed by atoms with Crippen LogP contribution >= 0.6 is 11.3 Å². The average molecular weight is 296 g/mol. The Kier molecular flexibility index (Phi) is 4.75. The van der Waals surface area contributed by atoms with E-state index < -0.39 is 11.9 Å². The number of aliphatic carboxylic acids is 1. The fourth-order valence-corrected chi connectivity index (χ4v) is 3.41. The van der Waals surface area contributed by atoms with Gasteiger partial charge in [0, 0.05) is 12.4 Å². The number of aromatic nitrogens is 1. The van der Waals surface area contributed by atoms with Crippen LogP contribution in [0.15, 0.2) is 5.38 Å². The third-order valence-corrected chi connectivity index (χ3v) is 4.66. The van der Waals surface area contributed by atoms with E-state index in [1.165, 1.54) is 0 Å². The van der Waals surface area contributed by atoms with Crippen LogP contribution in [0.25, 0.3) is 0 Å². The van der Waals surface area contributed by atoms with Crippen molar-refractivity contribution in [2.45, 2.75) is 39.2 Å². The maximum absolute atomic E-state index is 12.5. The summed E-state index contributed by atoms with van der Waals surface area (Å²) in [6.07, 6.45) is 3.12. The molecule has 1 fully saturated rings. The molecule has 2 atom stereocenters. The minimum atomic E-state index is -0.846. The first-order valence-electron chi connectivity index (χ1n) is 6.88. The van der Waals surface area contributed by atoms with Crippen molar-refractivity contribution in [2.24, 2.45) is 11.8 Å². The van der Waals surface area contributed by atoms with Gasteiger partial charge in [-0.2, -0.15) is 0 Å². The summed E-state index contributed by atoms with van der Waals surface area (Å²) in [5.41, 5.74) is 0.867. The summed E-state index contributed by atoms with van der Waals surface area (Å²) in [5.74, 6) is -1.83. The molecule has 0 bridgehead atoms. The Morgan fingerprint density at radius 3 is 2.60 bits per heavy atom. The Bertz CT molecular complexity index is 500.